The van der Waals surface area contributed by atoms with Crippen LogP contribution in [0, 0.1) is 37.0 Å². The summed E-state index contributed by atoms with van der Waals surface area (Å²) >= 11 is 0. The standard InChI is InChI=1S/C28H40N2O5/c1-17-8-23(19(3)30(17)18(2)15-34-4)25(31)16-35-26(32)24-6-5-7-29(24)27(33)28-12-20-9-21(13-28)11-22(10-20)14-28/h8,18,20-22,24H,5-7,9-16H2,1-4H3/t18-,20?,21?,22?,24+,28?/m0/s1. The molecule has 1 aliphatic heterocycles. The van der Waals surface area contributed by atoms with Gasteiger partial charge in [0.1, 0.15) is 6.04 Å². The Labute approximate surface area is 208 Å². The van der Waals surface area contributed by atoms with E-state index in [2.05, 4.69) is 4.57 Å². The first-order chi connectivity index (χ1) is 16.7. The van der Waals surface area contributed by atoms with Crippen LogP contribution in [0.5, 0.6) is 0 Å². The Balaban J connectivity index is 1.23. The zero-order valence-corrected chi connectivity index (χ0v) is 21.7. The minimum atomic E-state index is -0.558. The van der Waals surface area contributed by atoms with Gasteiger partial charge in [0.25, 0.3) is 0 Å². The molecule has 1 saturated heterocycles. The third-order valence-corrected chi connectivity index (χ3v) is 9.26. The molecule has 4 aliphatic carbocycles. The normalized spacial score (nSPS) is 32.2. The molecule has 192 valence electrons. The molecule has 1 aromatic heterocycles. The molecule has 4 saturated carbocycles. The maximum Gasteiger partial charge on any atom is 0.329 e. The van der Waals surface area contributed by atoms with Crippen molar-refractivity contribution in [3.63, 3.8) is 0 Å². The van der Waals surface area contributed by atoms with Gasteiger partial charge in [-0.25, -0.2) is 4.79 Å². The lowest BCUT2D eigenvalue weighted by atomic mass is 9.49. The predicted octanol–water partition coefficient (Wildman–Crippen LogP) is 4.25. The number of hydrogen-bond acceptors (Lipinski definition) is 5. The molecule has 35 heavy (non-hydrogen) atoms. The second-order valence-electron chi connectivity index (χ2n) is 11.8. The first kappa shape index (κ1) is 24.5. The molecule has 4 bridgehead atoms. The lowest BCUT2D eigenvalue weighted by Crippen LogP contribution is -2.56. The van der Waals surface area contributed by atoms with E-state index in [0.29, 0.717) is 42.9 Å². The van der Waals surface area contributed by atoms with Gasteiger partial charge in [0, 0.05) is 30.6 Å². The summed E-state index contributed by atoms with van der Waals surface area (Å²) in [5.74, 6) is 1.58. The van der Waals surface area contributed by atoms with E-state index in [1.807, 2.05) is 26.8 Å². The quantitative estimate of drug-likeness (QED) is 0.407. The van der Waals surface area contributed by atoms with E-state index in [1.165, 1.54) is 19.3 Å². The third kappa shape index (κ3) is 4.34. The summed E-state index contributed by atoms with van der Waals surface area (Å²) in [6.07, 6.45) is 8.25. The number of hydrogen-bond donors (Lipinski definition) is 0. The van der Waals surface area contributed by atoms with Crippen LogP contribution in [0.15, 0.2) is 6.07 Å². The minimum Gasteiger partial charge on any atom is -0.456 e. The van der Waals surface area contributed by atoms with Crippen molar-refractivity contribution in [3.05, 3.63) is 23.0 Å². The number of carbonyl (C=O) groups is 3. The number of carbonyl (C=O) groups excluding carboxylic acids is 3. The third-order valence-electron chi connectivity index (χ3n) is 9.26. The van der Waals surface area contributed by atoms with E-state index < -0.39 is 12.0 Å². The molecule has 7 heteroatoms. The lowest BCUT2D eigenvalue weighted by molar-refractivity contribution is -0.165. The number of ketones is 1. The van der Waals surface area contributed by atoms with Crippen molar-refractivity contribution in [3.8, 4) is 0 Å². The Bertz CT molecular complexity index is 976. The summed E-state index contributed by atoms with van der Waals surface area (Å²) in [6, 6.07) is 1.40. The van der Waals surface area contributed by atoms with Crippen LogP contribution < -0.4 is 0 Å². The zero-order chi connectivity index (χ0) is 24.9. The zero-order valence-electron chi connectivity index (χ0n) is 21.7. The number of rotatable bonds is 8. The van der Waals surface area contributed by atoms with Gasteiger partial charge in [-0.05, 0) is 96.0 Å². The average Bonchev–Trinajstić information content (AvgIpc) is 3.40. The second-order valence-corrected chi connectivity index (χ2v) is 11.8. The van der Waals surface area contributed by atoms with Crippen LogP contribution in [0.1, 0.15) is 86.1 Å². The molecule has 0 N–H and O–H groups in total. The van der Waals surface area contributed by atoms with Gasteiger partial charge in [0.2, 0.25) is 11.7 Å². The molecule has 6 rings (SSSR count). The molecular weight excluding hydrogens is 444 g/mol. The smallest absolute Gasteiger partial charge is 0.329 e. The lowest BCUT2D eigenvalue weighted by Gasteiger charge is -2.56. The Morgan fingerprint density at radius 1 is 1.09 bits per heavy atom. The number of aryl methyl sites for hydroxylation is 1. The topological polar surface area (TPSA) is 77.8 Å². The molecule has 1 amide bonds. The van der Waals surface area contributed by atoms with Crippen LogP contribution >= 0.6 is 0 Å². The molecule has 7 nitrogen and oxygen atoms in total. The van der Waals surface area contributed by atoms with Crippen LogP contribution in [-0.2, 0) is 19.1 Å². The highest BCUT2D eigenvalue weighted by molar-refractivity contribution is 5.99. The van der Waals surface area contributed by atoms with Crippen molar-refractivity contribution in [1.29, 1.82) is 0 Å². The van der Waals surface area contributed by atoms with Gasteiger partial charge in [0.05, 0.1) is 18.1 Å². The van der Waals surface area contributed by atoms with Gasteiger partial charge in [0.15, 0.2) is 6.61 Å². The summed E-state index contributed by atoms with van der Waals surface area (Å²) < 4.78 is 12.9. The number of Topliss-reactive ketones (excluding diaryl/α,β-unsaturated/α-hetero) is 1. The van der Waals surface area contributed by atoms with E-state index in [1.54, 1.807) is 12.0 Å². The number of nitrogens with zero attached hydrogens (tertiary/aromatic N) is 2. The van der Waals surface area contributed by atoms with Gasteiger partial charge >= 0.3 is 5.97 Å². The van der Waals surface area contributed by atoms with Crippen LogP contribution in [0.2, 0.25) is 0 Å². The fourth-order valence-electron chi connectivity index (χ4n) is 8.30. The first-order valence-corrected chi connectivity index (χ1v) is 13.4. The van der Waals surface area contributed by atoms with Crippen molar-refractivity contribution in [1.82, 2.24) is 9.47 Å². The van der Waals surface area contributed by atoms with E-state index >= 15 is 0 Å². The fourth-order valence-corrected chi connectivity index (χ4v) is 8.30. The van der Waals surface area contributed by atoms with Crippen molar-refractivity contribution in [2.24, 2.45) is 23.2 Å². The van der Waals surface area contributed by atoms with Gasteiger partial charge in [-0.15, -0.1) is 0 Å². The van der Waals surface area contributed by atoms with E-state index in [4.69, 9.17) is 9.47 Å². The Kier molecular flexibility index (Phi) is 6.58. The van der Waals surface area contributed by atoms with Gasteiger partial charge in [-0.1, -0.05) is 0 Å². The van der Waals surface area contributed by atoms with Crippen molar-refractivity contribution in [2.45, 2.75) is 84.2 Å². The maximum absolute atomic E-state index is 13.8. The monoisotopic (exact) mass is 484 g/mol. The number of amides is 1. The Morgan fingerprint density at radius 2 is 1.71 bits per heavy atom. The number of aromatic nitrogens is 1. The van der Waals surface area contributed by atoms with Crippen molar-refractivity contribution >= 4 is 17.7 Å². The molecule has 1 aromatic rings. The SMILES string of the molecule is COC[C@H](C)n1c(C)cc(C(=O)COC(=O)[C@H]2CCCN2C(=O)C23CC4CC(CC(C4)C2)C3)c1C. The Hall–Kier alpha value is -2.15. The summed E-state index contributed by atoms with van der Waals surface area (Å²) in [6.45, 7) is 6.80. The minimum absolute atomic E-state index is 0.103. The molecule has 0 spiro atoms. The van der Waals surface area contributed by atoms with Crippen molar-refractivity contribution < 1.29 is 23.9 Å². The van der Waals surface area contributed by atoms with E-state index in [9.17, 15) is 14.4 Å². The molecule has 2 heterocycles. The highest BCUT2D eigenvalue weighted by Crippen LogP contribution is 2.60. The summed E-state index contributed by atoms with van der Waals surface area (Å²) in [4.78, 5) is 41.7. The van der Waals surface area contributed by atoms with Crippen LogP contribution in [0.4, 0.5) is 0 Å². The number of methoxy groups -OCH3 is 1. The van der Waals surface area contributed by atoms with E-state index in [-0.39, 0.29) is 29.8 Å². The van der Waals surface area contributed by atoms with Crippen LogP contribution in [0.25, 0.3) is 0 Å². The average molecular weight is 485 g/mol. The van der Waals surface area contributed by atoms with Crippen LogP contribution in [0.3, 0.4) is 0 Å². The Morgan fingerprint density at radius 3 is 2.31 bits per heavy atom. The maximum atomic E-state index is 13.8. The highest BCUT2D eigenvalue weighted by atomic mass is 16.5. The highest BCUT2D eigenvalue weighted by Gasteiger charge is 2.57. The molecule has 5 fully saturated rings. The second kappa shape index (κ2) is 9.38. The molecule has 5 aliphatic rings. The van der Waals surface area contributed by atoms with Crippen molar-refractivity contribution in [2.75, 3.05) is 26.9 Å². The number of ether oxygens (including phenoxy) is 2. The van der Waals surface area contributed by atoms with Gasteiger partial charge in [-0.3, -0.25) is 9.59 Å². The van der Waals surface area contributed by atoms with E-state index in [0.717, 1.165) is 37.1 Å². The first-order valence-electron chi connectivity index (χ1n) is 13.4. The largest absolute Gasteiger partial charge is 0.456 e. The van der Waals surface area contributed by atoms with Crippen LogP contribution in [-0.4, -0.2) is 60.0 Å². The molecule has 2 atom stereocenters. The van der Waals surface area contributed by atoms with Gasteiger partial charge in [-0.2, -0.15) is 0 Å². The summed E-state index contributed by atoms with van der Waals surface area (Å²) in [5, 5.41) is 0. The summed E-state index contributed by atoms with van der Waals surface area (Å²) in [7, 11) is 1.66. The molecular formula is C28H40N2O5. The molecule has 0 aromatic carbocycles. The fraction of sp³-hybridized carbons (Fsp3) is 0.750. The molecule has 0 radical (unpaired) electrons. The molecule has 0 unspecified atom stereocenters. The summed E-state index contributed by atoms with van der Waals surface area (Å²) in [5.41, 5.74) is 2.15. The number of esters is 1. The predicted molar refractivity (Wildman–Crippen MR) is 131 cm³/mol. The van der Waals surface area contributed by atoms with Gasteiger partial charge < -0.3 is 18.9 Å². The number of likely N-dealkylation sites (tertiary alicyclic amines) is 1.